The minimum atomic E-state index is -0.00512. The molecule has 0 saturated carbocycles. The molecule has 0 amide bonds. The summed E-state index contributed by atoms with van der Waals surface area (Å²) in [6.45, 7) is 0. The fraction of sp³-hybridized carbons (Fsp3) is 0.0417. The number of anilines is 2. The molecule has 1 atom stereocenters. The van der Waals surface area contributed by atoms with Gasteiger partial charge in [-0.25, -0.2) is 9.97 Å². The van der Waals surface area contributed by atoms with Crippen LogP contribution in [-0.2, 0) is 0 Å². The lowest BCUT2D eigenvalue weighted by atomic mass is 9.87. The summed E-state index contributed by atoms with van der Waals surface area (Å²) >= 11 is 1.75. The average Bonchev–Trinajstić information content (AvgIpc) is 3.96. The van der Waals surface area contributed by atoms with Crippen molar-refractivity contribution in [2.75, 3.05) is 4.90 Å². The van der Waals surface area contributed by atoms with Gasteiger partial charge < -0.3 is 13.7 Å². The summed E-state index contributed by atoms with van der Waals surface area (Å²) < 4.78 is 15.5. The molecule has 1 unspecified atom stereocenters. The maximum Gasteiger partial charge on any atom is 0.231 e. The van der Waals surface area contributed by atoms with Crippen molar-refractivity contribution in [1.82, 2.24) is 9.97 Å². The summed E-state index contributed by atoms with van der Waals surface area (Å²) in [5.74, 6) is 0.697. The second-order valence-corrected chi connectivity index (χ2v) is 15.8. The molecule has 6 heteroatoms. The Hall–Kier alpha value is -6.76. The third kappa shape index (κ3) is 3.28. The number of rotatable bonds is 2. The van der Waals surface area contributed by atoms with Crippen LogP contribution < -0.4 is 15.3 Å². The molecule has 5 nitrogen and oxygen atoms in total. The van der Waals surface area contributed by atoms with Gasteiger partial charge in [-0.1, -0.05) is 91.0 Å². The molecule has 7 aromatic carbocycles. The van der Waals surface area contributed by atoms with Gasteiger partial charge in [-0.3, -0.25) is 0 Å². The highest BCUT2D eigenvalue weighted by molar-refractivity contribution is 7.26. The van der Waals surface area contributed by atoms with Crippen LogP contribution in [0.15, 0.2) is 136 Å². The molecule has 0 N–H and O–H groups in total. The van der Waals surface area contributed by atoms with E-state index in [0.717, 1.165) is 72.1 Å². The molecule has 5 heterocycles. The summed E-state index contributed by atoms with van der Waals surface area (Å²) in [4.78, 5) is 13.6. The first kappa shape index (κ1) is 27.8. The smallest absolute Gasteiger partial charge is 0.231 e. The molecule has 1 aliphatic heterocycles. The zero-order chi connectivity index (χ0) is 34.8. The van der Waals surface area contributed by atoms with Crippen molar-refractivity contribution in [3.63, 3.8) is 0 Å². The minimum Gasteiger partial charge on any atom is -0.456 e. The predicted octanol–water partition coefficient (Wildman–Crippen LogP) is 11.3. The Morgan fingerprint density at radius 2 is 1.41 bits per heavy atom. The van der Waals surface area contributed by atoms with Gasteiger partial charge in [0.2, 0.25) is 5.95 Å². The Labute approximate surface area is 310 Å². The molecule has 2 aliphatic carbocycles. The van der Waals surface area contributed by atoms with Crippen LogP contribution in [0.5, 0.6) is 0 Å². The van der Waals surface area contributed by atoms with Crippen molar-refractivity contribution in [2.24, 2.45) is 0 Å². The Balaban J connectivity index is 1.13. The van der Waals surface area contributed by atoms with Crippen molar-refractivity contribution in [3.8, 4) is 22.4 Å². The van der Waals surface area contributed by atoms with E-state index in [1.807, 2.05) is 12.1 Å². The van der Waals surface area contributed by atoms with E-state index in [-0.39, 0.29) is 6.04 Å². The molecule has 4 aromatic heterocycles. The van der Waals surface area contributed by atoms with E-state index in [2.05, 4.69) is 126 Å². The van der Waals surface area contributed by atoms with Gasteiger partial charge in [0.15, 0.2) is 0 Å². The first-order chi connectivity index (χ1) is 26.8. The lowest BCUT2D eigenvalue weighted by Gasteiger charge is -2.28. The second kappa shape index (κ2) is 9.61. The highest BCUT2D eigenvalue weighted by Crippen LogP contribution is 2.53. The maximum atomic E-state index is 6.64. The first-order valence-corrected chi connectivity index (χ1v) is 19.2. The van der Waals surface area contributed by atoms with Crippen molar-refractivity contribution >= 4 is 110 Å². The van der Waals surface area contributed by atoms with E-state index in [9.17, 15) is 0 Å². The highest BCUT2D eigenvalue weighted by atomic mass is 32.1. The fourth-order valence-electron chi connectivity index (χ4n) is 9.94. The lowest BCUT2D eigenvalue weighted by Crippen LogP contribution is -2.40. The van der Waals surface area contributed by atoms with E-state index >= 15 is 0 Å². The van der Waals surface area contributed by atoms with Crippen molar-refractivity contribution in [3.05, 3.63) is 143 Å². The van der Waals surface area contributed by atoms with Gasteiger partial charge in [0.25, 0.3) is 0 Å². The van der Waals surface area contributed by atoms with Crippen molar-refractivity contribution < 1.29 is 8.83 Å². The maximum absolute atomic E-state index is 6.64. The number of hydrogen-bond donors (Lipinski definition) is 0. The normalized spacial score (nSPS) is 15.6. The largest absolute Gasteiger partial charge is 0.456 e. The van der Waals surface area contributed by atoms with Crippen LogP contribution in [0.2, 0.25) is 0 Å². The topological polar surface area (TPSA) is 55.3 Å². The molecule has 14 rings (SSSR count). The third-order valence-electron chi connectivity index (χ3n) is 12.1. The predicted molar refractivity (Wildman–Crippen MR) is 221 cm³/mol. The molecule has 250 valence electrons. The molecule has 54 heavy (non-hydrogen) atoms. The van der Waals surface area contributed by atoms with Gasteiger partial charge >= 0.3 is 0 Å². The van der Waals surface area contributed by atoms with Gasteiger partial charge in [0, 0.05) is 42.8 Å². The van der Waals surface area contributed by atoms with Crippen LogP contribution in [0.3, 0.4) is 0 Å². The van der Waals surface area contributed by atoms with Crippen LogP contribution in [0.4, 0.5) is 11.6 Å². The molecule has 0 saturated heterocycles. The summed E-state index contributed by atoms with van der Waals surface area (Å²) in [7, 11) is 0. The first-order valence-electron chi connectivity index (χ1n) is 18.4. The Morgan fingerprint density at radius 3 is 2.37 bits per heavy atom. The van der Waals surface area contributed by atoms with E-state index in [1.165, 1.54) is 58.9 Å². The summed E-state index contributed by atoms with van der Waals surface area (Å²) in [6, 6.07) is 45.4. The van der Waals surface area contributed by atoms with Gasteiger partial charge in [-0.05, 0) is 86.8 Å². The lowest BCUT2D eigenvalue weighted by molar-refractivity contribution is 0.669. The highest BCUT2D eigenvalue weighted by Gasteiger charge is 2.42. The van der Waals surface area contributed by atoms with Gasteiger partial charge in [-0.2, -0.15) is 0 Å². The number of benzene rings is 7. The third-order valence-corrected chi connectivity index (χ3v) is 13.3. The van der Waals surface area contributed by atoms with Crippen LogP contribution >= 0.6 is 11.3 Å². The van der Waals surface area contributed by atoms with E-state index in [1.54, 1.807) is 11.3 Å². The van der Waals surface area contributed by atoms with E-state index in [0.29, 0.717) is 5.95 Å². The summed E-state index contributed by atoms with van der Waals surface area (Å²) in [6.07, 6.45) is 3.28. The number of fused-ring (bicyclic) bond motifs is 9. The minimum absolute atomic E-state index is 0.00512. The molecular formula is C48H25N3O2S. The molecule has 0 spiro atoms. The Bertz CT molecular complexity index is 3680. The van der Waals surface area contributed by atoms with E-state index in [4.69, 9.17) is 18.8 Å². The van der Waals surface area contributed by atoms with Gasteiger partial charge in [-0.15, -0.1) is 11.3 Å². The number of aromatic nitrogens is 2. The van der Waals surface area contributed by atoms with Crippen molar-refractivity contribution in [1.29, 1.82) is 0 Å². The number of thiophene rings is 1. The monoisotopic (exact) mass is 707 g/mol. The number of hydrogen-bond acceptors (Lipinski definition) is 6. The standard InChI is InChI=1S/C48H25N3O2S/c1-2-10-25-24(9-1)23-32-27-13-8-17-36-40(27)43-37(52-36)22-21-34-42(43)41-33(20-19-28(25)39(32)41)51(34)48-49-44-30-12-4-6-18-38(30)54-47(44)45(50-48)31-15-7-14-29-26-11-3-5-16-35(26)53-46(29)31/h1-19,21-23,33H,20H2. The Kier molecular flexibility index (Phi) is 4.95. The Morgan fingerprint density at radius 1 is 0.630 bits per heavy atom. The molecule has 0 bridgehead atoms. The van der Waals surface area contributed by atoms with Gasteiger partial charge in [0.1, 0.15) is 22.3 Å². The van der Waals surface area contributed by atoms with Crippen LogP contribution in [0.1, 0.15) is 12.0 Å². The van der Waals surface area contributed by atoms with Crippen LogP contribution in [-0.4, -0.2) is 16.0 Å². The quantitative estimate of drug-likeness (QED) is 0.179. The van der Waals surface area contributed by atoms with Crippen LogP contribution in [0.25, 0.3) is 109 Å². The zero-order valence-electron chi connectivity index (χ0n) is 28.6. The SMILES string of the molecule is C1=c2c3c(cc4ccccc24)-c2cccc4oc5ccc6c(c5c24)C=3C(C1)N6c1nc(-c2cccc3c2oc2ccccc23)c2sc3ccccc3c2n1. The average molecular weight is 708 g/mol. The molecular weight excluding hydrogens is 683 g/mol. The summed E-state index contributed by atoms with van der Waals surface area (Å²) in [5.41, 5.74) is 12.6. The molecule has 0 fully saturated rings. The fourth-order valence-corrected chi connectivity index (χ4v) is 11.1. The van der Waals surface area contributed by atoms with Crippen molar-refractivity contribution in [2.45, 2.75) is 12.5 Å². The summed E-state index contributed by atoms with van der Waals surface area (Å²) in [5, 5.41) is 10.9. The molecule has 0 radical (unpaired) electrons. The van der Waals surface area contributed by atoms with Crippen LogP contribution in [0, 0.1) is 0 Å². The number of furan rings is 2. The van der Waals surface area contributed by atoms with E-state index < -0.39 is 0 Å². The van der Waals surface area contributed by atoms with Gasteiger partial charge in [0.05, 0.1) is 27.6 Å². The molecule has 3 aliphatic rings. The zero-order valence-corrected chi connectivity index (χ0v) is 29.4. The second-order valence-electron chi connectivity index (χ2n) is 14.7. The number of nitrogens with zero attached hydrogens (tertiary/aromatic N) is 3. The number of para-hydroxylation sites is 2. The molecule has 11 aromatic rings.